The number of nitrogens with one attached hydrogen (secondary N) is 2. The molecule has 4 aromatic rings. The highest BCUT2D eigenvalue weighted by Gasteiger charge is 2.20. The van der Waals surface area contributed by atoms with Crippen molar-refractivity contribution in [2.45, 2.75) is 13.0 Å². The lowest BCUT2D eigenvalue weighted by Gasteiger charge is -2.16. The molecular formula is C25H21ClN2O3S. The fraction of sp³-hybridized carbons (Fsp3) is 0.120. The van der Waals surface area contributed by atoms with Gasteiger partial charge in [-0.2, -0.15) is 0 Å². The molecule has 1 heterocycles. The summed E-state index contributed by atoms with van der Waals surface area (Å²) < 4.78 is 6.10. The van der Waals surface area contributed by atoms with Gasteiger partial charge < -0.3 is 15.4 Å². The third-order valence-corrected chi connectivity index (χ3v) is 6.77. The molecular weight excluding hydrogens is 444 g/mol. The van der Waals surface area contributed by atoms with E-state index in [1.165, 1.54) is 11.3 Å². The molecule has 5 nitrogen and oxygen atoms in total. The number of anilines is 1. The molecule has 4 rings (SSSR count). The first kappa shape index (κ1) is 21.9. The van der Waals surface area contributed by atoms with Crippen molar-refractivity contribution < 1.29 is 14.3 Å². The minimum Gasteiger partial charge on any atom is -0.497 e. The lowest BCUT2D eigenvalue weighted by molar-refractivity contribution is 0.0941. The molecule has 0 aliphatic carbocycles. The summed E-state index contributed by atoms with van der Waals surface area (Å²) >= 11 is 7.76. The van der Waals surface area contributed by atoms with E-state index in [9.17, 15) is 9.59 Å². The van der Waals surface area contributed by atoms with E-state index in [1.807, 2.05) is 49.4 Å². The van der Waals surface area contributed by atoms with E-state index in [4.69, 9.17) is 16.3 Å². The van der Waals surface area contributed by atoms with Gasteiger partial charge in [0.1, 0.15) is 10.6 Å². The van der Waals surface area contributed by atoms with Crippen molar-refractivity contribution in [2.24, 2.45) is 0 Å². The third kappa shape index (κ3) is 4.47. The SMILES string of the molecule is COc1ccc2c(Cl)c(C(=O)Nc3ccccc3C(=O)NC(C)c3ccccc3)sc2c1. The van der Waals surface area contributed by atoms with E-state index in [0.717, 1.165) is 15.6 Å². The number of carbonyl (C=O) groups excluding carboxylic acids is 2. The molecule has 0 saturated heterocycles. The molecule has 0 aliphatic rings. The van der Waals surface area contributed by atoms with E-state index >= 15 is 0 Å². The van der Waals surface area contributed by atoms with Gasteiger partial charge in [0.05, 0.1) is 29.4 Å². The quantitative estimate of drug-likeness (QED) is 0.351. The van der Waals surface area contributed by atoms with Crippen LogP contribution in [0.4, 0.5) is 5.69 Å². The monoisotopic (exact) mass is 464 g/mol. The van der Waals surface area contributed by atoms with Gasteiger partial charge in [-0.15, -0.1) is 11.3 Å². The summed E-state index contributed by atoms with van der Waals surface area (Å²) in [4.78, 5) is 26.4. The van der Waals surface area contributed by atoms with Crippen LogP contribution >= 0.6 is 22.9 Å². The van der Waals surface area contributed by atoms with Crippen LogP contribution in [0.25, 0.3) is 10.1 Å². The predicted molar refractivity (Wildman–Crippen MR) is 130 cm³/mol. The molecule has 32 heavy (non-hydrogen) atoms. The Morgan fingerprint density at radius 1 is 0.969 bits per heavy atom. The van der Waals surface area contributed by atoms with Crippen molar-refractivity contribution >= 4 is 50.5 Å². The van der Waals surface area contributed by atoms with Crippen LogP contribution in [-0.2, 0) is 0 Å². The Hall–Kier alpha value is -3.35. The highest BCUT2D eigenvalue weighted by atomic mass is 35.5. The van der Waals surface area contributed by atoms with Gasteiger partial charge in [-0.25, -0.2) is 0 Å². The Morgan fingerprint density at radius 3 is 2.44 bits per heavy atom. The van der Waals surface area contributed by atoms with E-state index in [2.05, 4.69) is 10.6 Å². The minimum atomic E-state index is -0.369. The summed E-state index contributed by atoms with van der Waals surface area (Å²) in [5.41, 5.74) is 1.79. The molecule has 1 unspecified atom stereocenters. The first-order valence-electron chi connectivity index (χ1n) is 10.00. The Kier molecular flexibility index (Phi) is 6.44. The van der Waals surface area contributed by atoms with Crippen LogP contribution in [-0.4, -0.2) is 18.9 Å². The summed E-state index contributed by atoms with van der Waals surface area (Å²) in [5.74, 6) is 0.0490. The number of benzene rings is 3. The zero-order valence-corrected chi connectivity index (χ0v) is 19.1. The highest BCUT2D eigenvalue weighted by Crippen LogP contribution is 2.37. The number of ether oxygens (including phenoxy) is 1. The predicted octanol–water partition coefficient (Wildman–Crippen LogP) is 6.31. The molecule has 0 saturated carbocycles. The van der Waals surface area contributed by atoms with E-state index in [-0.39, 0.29) is 17.9 Å². The summed E-state index contributed by atoms with van der Waals surface area (Å²) in [6.45, 7) is 1.92. The molecule has 1 aromatic heterocycles. The van der Waals surface area contributed by atoms with Crippen molar-refractivity contribution in [2.75, 3.05) is 12.4 Å². The van der Waals surface area contributed by atoms with Crippen molar-refractivity contribution in [3.05, 3.63) is 93.8 Å². The summed E-state index contributed by atoms with van der Waals surface area (Å²) in [7, 11) is 1.59. The fourth-order valence-corrected chi connectivity index (χ4v) is 4.83. The zero-order chi connectivity index (χ0) is 22.7. The average molecular weight is 465 g/mol. The lowest BCUT2D eigenvalue weighted by atomic mass is 10.1. The normalized spacial score (nSPS) is 11.7. The minimum absolute atomic E-state index is 0.181. The molecule has 0 bridgehead atoms. The average Bonchev–Trinajstić information content (AvgIpc) is 3.15. The second-order valence-corrected chi connectivity index (χ2v) is 8.64. The van der Waals surface area contributed by atoms with Gasteiger partial charge in [-0.1, -0.05) is 54.1 Å². The van der Waals surface area contributed by atoms with Crippen LogP contribution in [0.1, 0.15) is 38.6 Å². The topological polar surface area (TPSA) is 67.4 Å². The van der Waals surface area contributed by atoms with E-state index < -0.39 is 0 Å². The molecule has 162 valence electrons. The van der Waals surface area contributed by atoms with Gasteiger partial charge in [-0.05, 0) is 42.8 Å². The van der Waals surface area contributed by atoms with Crippen LogP contribution in [0, 0.1) is 0 Å². The Labute approximate surface area is 195 Å². The number of carbonyl (C=O) groups is 2. The van der Waals surface area contributed by atoms with Crippen LogP contribution in [0.2, 0.25) is 5.02 Å². The van der Waals surface area contributed by atoms with E-state index in [1.54, 1.807) is 37.4 Å². The Balaban J connectivity index is 1.57. The highest BCUT2D eigenvalue weighted by molar-refractivity contribution is 7.21. The largest absolute Gasteiger partial charge is 0.497 e. The third-order valence-electron chi connectivity index (χ3n) is 5.11. The van der Waals surface area contributed by atoms with Gasteiger partial charge in [0, 0.05) is 10.1 Å². The second kappa shape index (κ2) is 9.42. The molecule has 0 aliphatic heterocycles. The Bertz CT molecular complexity index is 1290. The molecule has 7 heteroatoms. The van der Waals surface area contributed by atoms with Crippen LogP contribution in [0.15, 0.2) is 72.8 Å². The first-order chi connectivity index (χ1) is 15.5. The number of halogens is 1. The van der Waals surface area contributed by atoms with Crippen LogP contribution < -0.4 is 15.4 Å². The number of amides is 2. The number of rotatable bonds is 6. The van der Waals surface area contributed by atoms with Crippen molar-refractivity contribution in [1.82, 2.24) is 5.32 Å². The molecule has 0 fully saturated rings. The number of hydrogen-bond acceptors (Lipinski definition) is 4. The number of thiophene rings is 1. The molecule has 2 amide bonds. The number of hydrogen-bond donors (Lipinski definition) is 2. The standard InChI is InChI=1S/C25H21ClN2O3S/c1-15(16-8-4-3-5-9-16)27-24(29)18-10-6-7-11-20(18)28-25(30)23-22(26)19-13-12-17(31-2)14-21(19)32-23/h3-15H,1-2H3,(H,27,29)(H,28,30). The number of para-hydroxylation sites is 1. The van der Waals surface area contributed by atoms with Crippen molar-refractivity contribution in [1.29, 1.82) is 0 Å². The van der Waals surface area contributed by atoms with Gasteiger partial charge in [0.2, 0.25) is 0 Å². The van der Waals surface area contributed by atoms with Crippen molar-refractivity contribution in [3.63, 3.8) is 0 Å². The molecule has 2 N–H and O–H groups in total. The van der Waals surface area contributed by atoms with Gasteiger partial charge in [0.25, 0.3) is 11.8 Å². The molecule has 0 radical (unpaired) electrons. The fourth-order valence-electron chi connectivity index (χ4n) is 3.39. The first-order valence-corrected chi connectivity index (χ1v) is 11.2. The summed E-state index contributed by atoms with van der Waals surface area (Å²) in [6, 6.07) is 21.9. The maximum Gasteiger partial charge on any atom is 0.267 e. The smallest absolute Gasteiger partial charge is 0.267 e. The summed E-state index contributed by atoms with van der Waals surface area (Å²) in [6.07, 6.45) is 0. The molecule has 1 atom stereocenters. The number of fused-ring (bicyclic) bond motifs is 1. The lowest BCUT2D eigenvalue weighted by Crippen LogP contribution is -2.27. The van der Waals surface area contributed by atoms with E-state index in [0.29, 0.717) is 26.9 Å². The van der Waals surface area contributed by atoms with Gasteiger partial charge >= 0.3 is 0 Å². The Morgan fingerprint density at radius 2 is 1.69 bits per heavy atom. The number of methoxy groups -OCH3 is 1. The van der Waals surface area contributed by atoms with Gasteiger partial charge in [0.15, 0.2) is 0 Å². The summed E-state index contributed by atoms with van der Waals surface area (Å²) in [5, 5.41) is 6.99. The van der Waals surface area contributed by atoms with Crippen LogP contribution in [0.5, 0.6) is 5.75 Å². The van der Waals surface area contributed by atoms with Crippen molar-refractivity contribution in [3.8, 4) is 5.75 Å². The second-order valence-electron chi connectivity index (χ2n) is 7.21. The zero-order valence-electron chi connectivity index (χ0n) is 17.5. The van der Waals surface area contributed by atoms with Gasteiger partial charge in [-0.3, -0.25) is 9.59 Å². The maximum atomic E-state index is 13.0. The maximum absolute atomic E-state index is 13.0. The molecule has 0 spiro atoms. The molecule has 3 aromatic carbocycles. The van der Waals surface area contributed by atoms with Crippen LogP contribution in [0.3, 0.4) is 0 Å².